The number of carbonyl (C=O) groups is 1. The molecule has 0 bridgehead atoms. The minimum Gasteiger partial charge on any atom is -0.396 e. The van der Waals surface area contributed by atoms with Crippen LogP contribution in [-0.4, -0.2) is 29.7 Å². The van der Waals surface area contributed by atoms with Crippen molar-refractivity contribution in [2.45, 2.75) is 51.5 Å². The highest BCUT2D eigenvalue weighted by molar-refractivity contribution is 5.85. The molecule has 4 nitrogen and oxygen atoms in total. The molecule has 0 aromatic rings. The molecule has 1 atom stereocenters. The zero-order chi connectivity index (χ0) is 12.2. The molecule has 94 valence electrons. The monoisotopic (exact) mass is 228 g/mol. The minimum atomic E-state index is -0.796. The quantitative estimate of drug-likeness (QED) is 0.651. The summed E-state index contributed by atoms with van der Waals surface area (Å²) in [6, 6.07) is 0. The van der Waals surface area contributed by atoms with E-state index in [0.717, 1.165) is 25.7 Å². The second-order valence-electron chi connectivity index (χ2n) is 5.32. The molecule has 1 fully saturated rings. The third-order valence-electron chi connectivity index (χ3n) is 3.88. The highest BCUT2D eigenvalue weighted by atomic mass is 16.3. The molecule has 0 aromatic heterocycles. The highest BCUT2D eigenvalue weighted by Gasteiger charge is 2.35. The van der Waals surface area contributed by atoms with Crippen LogP contribution in [0.25, 0.3) is 0 Å². The topological polar surface area (TPSA) is 75.4 Å². The molecule has 1 amide bonds. The second-order valence-corrected chi connectivity index (χ2v) is 5.32. The number of aliphatic hydroxyl groups excluding tert-OH is 1. The number of nitrogens with one attached hydrogen (secondary N) is 1. The lowest BCUT2D eigenvalue weighted by Crippen LogP contribution is -2.53. The van der Waals surface area contributed by atoms with Crippen LogP contribution in [0.2, 0.25) is 0 Å². The van der Waals surface area contributed by atoms with E-state index in [0.29, 0.717) is 13.0 Å². The molecule has 0 aliphatic heterocycles. The Labute approximate surface area is 97.6 Å². The Morgan fingerprint density at radius 1 is 1.50 bits per heavy atom. The first kappa shape index (κ1) is 13.5. The van der Waals surface area contributed by atoms with Crippen LogP contribution in [0.3, 0.4) is 0 Å². The fraction of sp³-hybridized carbons (Fsp3) is 0.917. The fourth-order valence-electron chi connectivity index (χ4n) is 2.15. The number of carbonyl (C=O) groups excluding carboxylic acids is 1. The Kier molecular flexibility index (Phi) is 4.33. The molecule has 0 aromatic carbocycles. The van der Waals surface area contributed by atoms with Crippen molar-refractivity contribution < 1.29 is 9.90 Å². The molecule has 0 saturated heterocycles. The maximum absolute atomic E-state index is 11.8. The van der Waals surface area contributed by atoms with Gasteiger partial charge in [0.1, 0.15) is 0 Å². The molecule has 0 spiro atoms. The summed E-state index contributed by atoms with van der Waals surface area (Å²) in [5, 5.41) is 12.3. The van der Waals surface area contributed by atoms with Crippen molar-refractivity contribution in [1.29, 1.82) is 0 Å². The van der Waals surface area contributed by atoms with E-state index in [-0.39, 0.29) is 17.9 Å². The summed E-state index contributed by atoms with van der Waals surface area (Å²) < 4.78 is 0. The molecule has 16 heavy (non-hydrogen) atoms. The maximum atomic E-state index is 11.8. The molecule has 1 rings (SSSR count). The van der Waals surface area contributed by atoms with Crippen LogP contribution in [0.15, 0.2) is 0 Å². The van der Waals surface area contributed by atoms with E-state index >= 15 is 0 Å². The van der Waals surface area contributed by atoms with Gasteiger partial charge in [0.2, 0.25) is 5.91 Å². The molecular weight excluding hydrogens is 204 g/mol. The zero-order valence-electron chi connectivity index (χ0n) is 10.4. The van der Waals surface area contributed by atoms with Crippen molar-refractivity contribution in [3.63, 3.8) is 0 Å². The van der Waals surface area contributed by atoms with Gasteiger partial charge < -0.3 is 16.2 Å². The van der Waals surface area contributed by atoms with E-state index in [1.54, 1.807) is 6.92 Å². The molecule has 4 heteroatoms. The molecule has 1 saturated carbocycles. The van der Waals surface area contributed by atoms with Gasteiger partial charge >= 0.3 is 0 Å². The molecule has 0 radical (unpaired) electrons. The lowest BCUT2D eigenvalue weighted by molar-refractivity contribution is -0.126. The number of aliphatic hydroxyl groups is 1. The van der Waals surface area contributed by atoms with Gasteiger partial charge in [-0.25, -0.2) is 0 Å². The minimum absolute atomic E-state index is 0.0977. The van der Waals surface area contributed by atoms with Crippen LogP contribution < -0.4 is 11.1 Å². The summed E-state index contributed by atoms with van der Waals surface area (Å²) in [4.78, 5) is 11.8. The van der Waals surface area contributed by atoms with E-state index in [1.165, 1.54) is 0 Å². The van der Waals surface area contributed by atoms with E-state index < -0.39 is 5.54 Å². The molecule has 1 unspecified atom stereocenters. The summed E-state index contributed by atoms with van der Waals surface area (Å²) in [7, 11) is 0. The summed E-state index contributed by atoms with van der Waals surface area (Å²) in [5.41, 5.74) is 4.96. The molecule has 1 aliphatic carbocycles. The van der Waals surface area contributed by atoms with Crippen LogP contribution in [0.5, 0.6) is 0 Å². The summed E-state index contributed by atoms with van der Waals surface area (Å²) in [6.07, 6.45) is 4.90. The van der Waals surface area contributed by atoms with E-state index in [1.807, 2.05) is 6.92 Å². The van der Waals surface area contributed by atoms with Gasteiger partial charge in [-0.2, -0.15) is 0 Å². The number of hydrogen-bond acceptors (Lipinski definition) is 3. The van der Waals surface area contributed by atoms with Gasteiger partial charge in [-0.15, -0.1) is 0 Å². The Morgan fingerprint density at radius 3 is 2.50 bits per heavy atom. The number of rotatable bonds is 5. The number of hydrogen-bond donors (Lipinski definition) is 3. The largest absolute Gasteiger partial charge is 0.396 e. The zero-order valence-corrected chi connectivity index (χ0v) is 10.4. The van der Waals surface area contributed by atoms with E-state index in [2.05, 4.69) is 5.32 Å². The van der Waals surface area contributed by atoms with Gasteiger partial charge in [0, 0.05) is 12.0 Å². The second kappa shape index (κ2) is 5.15. The SMILES string of the molecule is CCC(C)(N)C(=O)NCC1(CO)CCCC1. The predicted molar refractivity (Wildman–Crippen MR) is 63.9 cm³/mol. The van der Waals surface area contributed by atoms with Gasteiger partial charge in [-0.05, 0) is 26.2 Å². The van der Waals surface area contributed by atoms with Crippen LogP contribution in [-0.2, 0) is 4.79 Å². The Balaban J connectivity index is 2.47. The van der Waals surface area contributed by atoms with Gasteiger partial charge in [-0.1, -0.05) is 19.8 Å². The number of nitrogens with two attached hydrogens (primary N) is 1. The molecule has 1 aliphatic rings. The van der Waals surface area contributed by atoms with Crippen molar-refractivity contribution in [2.24, 2.45) is 11.1 Å². The lowest BCUT2D eigenvalue weighted by Gasteiger charge is -2.29. The summed E-state index contributed by atoms with van der Waals surface area (Å²) in [6.45, 7) is 4.34. The van der Waals surface area contributed by atoms with E-state index in [9.17, 15) is 9.90 Å². The van der Waals surface area contributed by atoms with Crippen LogP contribution >= 0.6 is 0 Å². The first-order valence-corrected chi connectivity index (χ1v) is 6.14. The Morgan fingerprint density at radius 2 is 2.06 bits per heavy atom. The van der Waals surface area contributed by atoms with Crippen LogP contribution in [0.1, 0.15) is 46.0 Å². The van der Waals surface area contributed by atoms with Gasteiger partial charge in [-0.3, -0.25) is 4.79 Å². The van der Waals surface area contributed by atoms with Crippen LogP contribution in [0, 0.1) is 5.41 Å². The van der Waals surface area contributed by atoms with Crippen LogP contribution in [0.4, 0.5) is 0 Å². The van der Waals surface area contributed by atoms with Crippen molar-refractivity contribution in [3.05, 3.63) is 0 Å². The molecular formula is C12H24N2O2. The predicted octanol–water partition coefficient (Wildman–Crippen LogP) is 0.783. The number of amides is 1. The van der Waals surface area contributed by atoms with Gasteiger partial charge in [0.15, 0.2) is 0 Å². The Hall–Kier alpha value is -0.610. The highest BCUT2D eigenvalue weighted by Crippen LogP contribution is 2.36. The standard InChI is InChI=1S/C12H24N2O2/c1-3-11(2,13)10(16)14-8-12(9-15)6-4-5-7-12/h15H,3-9,13H2,1-2H3,(H,14,16). The third kappa shape index (κ3) is 2.95. The summed E-state index contributed by atoms with van der Waals surface area (Å²) >= 11 is 0. The van der Waals surface area contributed by atoms with Crippen molar-refractivity contribution in [3.8, 4) is 0 Å². The average Bonchev–Trinajstić information content (AvgIpc) is 2.75. The smallest absolute Gasteiger partial charge is 0.239 e. The normalized spacial score (nSPS) is 22.8. The Bertz CT molecular complexity index is 245. The summed E-state index contributed by atoms with van der Waals surface area (Å²) in [5.74, 6) is -0.116. The first-order chi connectivity index (χ1) is 7.46. The maximum Gasteiger partial charge on any atom is 0.239 e. The van der Waals surface area contributed by atoms with Crippen molar-refractivity contribution in [1.82, 2.24) is 5.32 Å². The van der Waals surface area contributed by atoms with E-state index in [4.69, 9.17) is 5.73 Å². The molecule has 4 N–H and O–H groups in total. The lowest BCUT2D eigenvalue weighted by atomic mass is 9.86. The molecule has 0 heterocycles. The van der Waals surface area contributed by atoms with Crippen molar-refractivity contribution >= 4 is 5.91 Å². The van der Waals surface area contributed by atoms with Gasteiger partial charge in [0.05, 0.1) is 12.1 Å². The average molecular weight is 228 g/mol. The first-order valence-electron chi connectivity index (χ1n) is 6.14. The van der Waals surface area contributed by atoms with Gasteiger partial charge in [0.25, 0.3) is 0 Å². The third-order valence-corrected chi connectivity index (χ3v) is 3.88. The van der Waals surface area contributed by atoms with Crippen molar-refractivity contribution in [2.75, 3.05) is 13.2 Å². The fourth-order valence-corrected chi connectivity index (χ4v) is 2.15.